The van der Waals surface area contributed by atoms with Crippen LogP contribution in [-0.4, -0.2) is 25.5 Å². The smallest absolute Gasteiger partial charge is 0.229 e. The number of aryl methyl sites for hydroxylation is 2. The van der Waals surface area contributed by atoms with Crippen molar-refractivity contribution in [3.63, 3.8) is 0 Å². The first-order valence-electron chi connectivity index (χ1n) is 8.30. The number of carbonyl (C=O) groups is 2. The first kappa shape index (κ1) is 17.0. The van der Waals surface area contributed by atoms with Crippen LogP contribution in [0.1, 0.15) is 17.5 Å². The lowest BCUT2D eigenvalue weighted by Crippen LogP contribution is -2.28. The number of carbonyl (C=O) groups excluding carboxylic acids is 2. The van der Waals surface area contributed by atoms with Crippen LogP contribution in [0.2, 0.25) is 0 Å². The molecule has 0 radical (unpaired) electrons. The zero-order valence-electron chi connectivity index (χ0n) is 14.7. The lowest BCUT2D eigenvalue weighted by molar-refractivity contribution is -0.122. The summed E-state index contributed by atoms with van der Waals surface area (Å²) in [5.74, 6) is 0.235. The standard InChI is InChI=1S/C20H22N2O3/c1-13-4-5-14(2)18(10-13)21-20(24)15-11-19(23)22(12-15)16-6-8-17(25-3)9-7-16/h4-10,15H,11-12H2,1-3H3,(H,21,24)/t15-/m0/s1. The molecule has 1 saturated heterocycles. The fraction of sp³-hybridized carbons (Fsp3) is 0.300. The van der Waals surface area contributed by atoms with Crippen LogP contribution >= 0.6 is 0 Å². The van der Waals surface area contributed by atoms with Crippen LogP contribution in [-0.2, 0) is 9.59 Å². The fourth-order valence-corrected chi connectivity index (χ4v) is 3.00. The molecule has 2 aromatic rings. The van der Waals surface area contributed by atoms with Gasteiger partial charge < -0.3 is 15.0 Å². The van der Waals surface area contributed by atoms with Gasteiger partial charge in [0.1, 0.15) is 5.75 Å². The largest absolute Gasteiger partial charge is 0.497 e. The second-order valence-electron chi connectivity index (χ2n) is 6.41. The summed E-state index contributed by atoms with van der Waals surface area (Å²) in [6, 6.07) is 13.2. The molecule has 2 amide bonds. The third-order valence-electron chi connectivity index (χ3n) is 4.53. The molecule has 5 nitrogen and oxygen atoms in total. The second-order valence-corrected chi connectivity index (χ2v) is 6.41. The van der Waals surface area contributed by atoms with E-state index in [9.17, 15) is 9.59 Å². The van der Waals surface area contributed by atoms with Crippen molar-refractivity contribution in [1.29, 1.82) is 0 Å². The van der Waals surface area contributed by atoms with Crippen molar-refractivity contribution >= 4 is 23.2 Å². The molecule has 0 aliphatic carbocycles. The predicted octanol–water partition coefficient (Wildman–Crippen LogP) is 3.30. The Labute approximate surface area is 147 Å². The maximum Gasteiger partial charge on any atom is 0.229 e. The van der Waals surface area contributed by atoms with E-state index in [2.05, 4.69) is 5.32 Å². The van der Waals surface area contributed by atoms with Gasteiger partial charge in [-0.25, -0.2) is 0 Å². The number of rotatable bonds is 4. The Bertz CT molecular complexity index is 799. The molecule has 3 rings (SSSR count). The van der Waals surface area contributed by atoms with Crippen LogP contribution in [0, 0.1) is 19.8 Å². The Morgan fingerprint density at radius 1 is 1.16 bits per heavy atom. The average molecular weight is 338 g/mol. The van der Waals surface area contributed by atoms with Gasteiger partial charge in [0.2, 0.25) is 11.8 Å². The molecule has 0 spiro atoms. The van der Waals surface area contributed by atoms with Gasteiger partial charge in [-0.1, -0.05) is 12.1 Å². The molecule has 1 atom stereocenters. The fourth-order valence-electron chi connectivity index (χ4n) is 3.00. The topological polar surface area (TPSA) is 58.6 Å². The van der Waals surface area contributed by atoms with E-state index in [0.29, 0.717) is 6.54 Å². The quantitative estimate of drug-likeness (QED) is 0.930. The Kier molecular flexibility index (Phi) is 4.74. The average Bonchev–Trinajstić information content (AvgIpc) is 3.00. The molecule has 1 fully saturated rings. The molecule has 25 heavy (non-hydrogen) atoms. The molecular formula is C20H22N2O3. The lowest BCUT2D eigenvalue weighted by atomic mass is 10.1. The summed E-state index contributed by atoms with van der Waals surface area (Å²) in [5.41, 5.74) is 3.69. The van der Waals surface area contributed by atoms with Gasteiger partial charge in [-0.05, 0) is 55.3 Å². The predicted molar refractivity (Wildman–Crippen MR) is 98.0 cm³/mol. The molecule has 1 N–H and O–H groups in total. The highest BCUT2D eigenvalue weighted by Crippen LogP contribution is 2.28. The molecule has 1 aliphatic rings. The Morgan fingerprint density at radius 2 is 1.88 bits per heavy atom. The summed E-state index contributed by atoms with van der Waals surface area (Å²) in [6.45, 7) is 4.33. The van der Waals surface area contributed by atoms with Gasteiger partial charge >= 0.3 is 0 Å². The van der Waals surface area contributed by atoms with E-state index < -0.39 is 0 Å². The number of ether oxygens (including phenoxy) is 1. The third-order valence-corrected chi connectivity index (χ3v) is 4.53. The second kappa shape index (κ2) is 6.97. The number of amides is 2. The highest BCUT2D eigenvalue weighted by Gasteiger charge is 2.35. The van der Waals surface area contributed by atoms with Gasteiger partial charge in [-0.15, -0.1) is 0 Å². The number of benzene rings is 2. The summed E-state index contributed by atoms with van der Waals surface area (Å²) >= 11 is 0. The van der Waals surface area contributed by atoms with Gasteiger partial charge in [0, 0.05) is 24.3 Å². The Morgan fingerprint density at radius 3 is 2.56 bits per heavy atom. The summed E-state index contributed by atoms with van der Waals surface area (Å²) in [4.78, 5) is 26.6. The lowest BCUT2D eigenvalue weighted by Gasteiger charge is -2.17. The molecule has 5 heteroatoms. The van der Waals surface area contributed by atoms with E-state index in [-0.39, 0.29) is 24.2 Å². The molecule has 0 bridgehead atoms. The van der Waals surface area contributed by atoms with Crippen LogP contribution in [0.4, 0.5) is 11.4 Å². The minimum Gasteiger partial charge on any atom is -0.497 e. The van der Waals surface area contributed by atoms with Crippen molar-refractivity contribution in [3.05, 3.63) is 53.6 Å². The zero-order chi connectivity index (χ0) is 18.0. The van der Waals surface area contributed by atoms with Crippen molar-refractivity contribution in [2.45, 2.75) is 20.3 Å². The highest BCUT2D eigenvalue weighted by molar-refractivity contribution is 6.03. The van der Waals surface area contributed by atoms with Crippen LogP contribution in [0.5, 0.6) is 5.75 Å². The number of nitrogens with one attached hydrogen (secondary N) is 1. The summed E-state index contributed by atoms with van der Waals surface area (Å²) in [6.07, 6.45) is 0.225. The van der Waals surface area contributed by atoms with Crippen molar-refractivity contribution in [1.82, 2.24) is 0 Å². The van der Waals surface area contributed by atoms with E-state index in [0.717, 1.165) is 28.3 Å². The van der Waals surface area contributed by atoms with Crippen LogP contribution in [0.25, 0.3) is 0 Å². The van der Waals surface area contributed by atoms with Gasteiger partial charge in [0.15, 0.2) is 0 Å². The first-order valence-corrected chi connectivity index (χ1v) is 8.30. The molecule has 1 aliphatic heterocycles. The highest BCUT2D eigenvalue weighted by atomic mass is 16.5. The minimum absolute atomic E-state index is 0.0359. The van der Waals surface area contributed by atoms with Gasteiger partial charge in [0.25, 0.3) is 0 Å². The Hall–Kier alpha value is -2.82. The summed E-state index contributed by atoms with van der Waals surface area (Å²) in [7, 11) is 1.60. The van der Waals surface area contributed by atoms with Gasteiger partial charge in [-0.2, -0.15) is 0 Å². The van der Waals surface area contributed by atoms with Crippen molar-refractivity contribution in [3.8, 4) is 5.75 Å². The van der Waals surface area contributed by atoms with E-state index in [1.54, 1.807) is 12.0 Å². The van der Waals surface area contributed by atoms with Crippen LogP contribution in [0.3, 0.4) is 0 Å². The zero-order valence-corrected chi connectivity index (χ0v) is 14.7. The van der Waals surface area contributed by atoms with E-state index >= 15 is 0 Å². The maximum atomic E-state index is 12.6. The number of hydrogen-bond acceptors (Lipinski definition) is 3. The summed E-state index contributed by atoms with van der Waals surface area (Å²) < 4.78 is 5.14. The molecule has 130 valence electrons. The van der Waals surface area contributed by atoms with Crippen molar-refractivity contribution in [2.24, 2.45) is 5.92 Å². The van der Waals surface area contributed by atoms with E-state index in [4.69, 9.17) is 4.74 Å². The number of anilines is 2. The minimum atomic E-state index is -0.352. The van der Waals surface area contributed by atoms with Gasteiger partial charge in [0.05, 0.1) is 13.0 Å². The molecule has 0 aromatic heterocycles. The number of hydrogen-bond donors (Lipinski definition) is 1. The van der Waals surface area contributed by atoms with Crippen molar-refractivity contribution in [2.75, 3.05) is 23.9 Å². The Balaban J connectivity index is 1.70. The van der Waals surface area contributed by atoms with E-state index in [1.165, 1.54) is 0 Å². The maximum absolute atomic E-state index is 12.6. The molecule has 0 saturated carbocycles. The molecule has 0 unspecified atom stereocenters. The molecule has 2 aromatic carbocycles. The van der Waals surface area contributed by atoms with E-state index in [1.807, 2.05) is 56.3 Å². The van der Waals surface area contributed by atoms with Crippen LogP contribution in [0.15, 0.2) is 42.5 Å². The summed E-state index contributed by atoms with van der Waals surface area (Å²) in [5, 5.41) is 2.97. The number of nitrogens with zero attached hydrogens (tertiary/aromatic N) is 1. The third kappa shape index (κ3) is 3.65. The van der Waals surface area contributed by atoms with Crippen LogP contribution < -0.4 is 15.0 Å². The van der Waals surface area contributed by atoms with Crippen molar-refractivity contribution < 1.29 is 14.3 Å². The monoisotopic (exact) mass is 338 g/mol. The number of methoxy groups -OCH3 is 1. The first-order chi connectivity index (χ1) is 12.0. The molecule has 1 heterocycles. The SMILES string of the molecule is COc1ccc(N2C[C@@H](C(=O)Nc3cc(C)ccc3C)CC2=O)cc1. The molecular weight excluding hydrogens is 316 g/mol. The normalized spacial score (nSPS) is 16.8. The van der Waals surface area contributed by atoms with Gasteiger partial charge in [-0.3, -0.25) is 9.59 Å².